The third-order valence-corrected chi connectivity index (χ3v) is 9.51. The minimum Gasteiger partial charge on any atom is -0.453 e. The van der Waals surface area contributed by atoms with Gasteiger partial charge in [0.25, 0.3) is 0 Å². The summed E-state index contributed by atoms with van der Waals surface area (Å²) in [5, 5.41) is 2.06. The van der Waals surface area contributed by atoms with Crippen LogP contribution in [0.2, 0.25) is 0 Å². The highest BCUT2D eigenvalue weighted by atomic mass is 16.5. The molecule has 0 bridgehead atoms. The summed E-state index contributed by atoms with van der Waals surface area (Å²) >= 11 is 0. The van der Waals surface area contributed by atoms with Gasteiger partial charge in [0.1, 0.15) is 11.5 Å². The second-order valence-corrected chi connectivity index (χ2v) is 12.5. The van der Waals surface area contributed by atoms with Gasteiger partial charge in [-0.15, -0.1) is 0 Å². The lowest BCUT2D eigenvalue weighted by atomic mass is 9.82. The zero-order valence-corrected chi connectivity index (χ0v) is 25.7. The second kappa shape index (κ2) is 10.1. The molecule has 0 spiro atoms. The molecule has 1 aliphatic carbocycles. The number of hydrogen-bond acceptors (Lipinski definition) is 3. The summed E-state index contributed by atoms with van der Waals surface area (Å²) in [7, 11) is 0. The highest BCUT2D eigenvalue weighted by molar-refractivity contribution is 5.97. The fourth-order valence-electron chi connectivity index (χ4n) is 7.32. The van der Waals surface area contributed by atoms with Crippen molar-refractivity contribution in [2.75, 3.05) is 4.90 Å². The Labute approximate surface area is 268 Å². The van der Waals surface area contributed by atoms with Gasteiger partial charge >= 0.3 is 0 Å². The molecule has 3 nitrogen and oxygen atoms in total. The lowest BCUT2D eigenvalue weighted by Gasteiger charge is -2.30. The van der Waals surface area contributed by atoms with Gasteiger partial charge < -0.3 is 14.4 Å². The van der Waals surface area contributed by atoms with Crippen LogP contribution in [0.3, 0.4) is 0 Å². The van der Waals surface area contributed by atoms with Crippen LogP contribution in [0.1, 0.15) is 25.0 Å². The molecule has 0 N–H and O–H groups in total. The summed E-state index contributed by atoms with van der Waals surface area (Å²) in [5.41, 5.74) is 10.5. The van der Waals surface area contributed by atoms with E-state index in [1.54, 1.807) is 0 Å². The van der Waals surface area contributed by atoms with Crippen LogP contribution in [-0.4, -0.2) is 0 Å². The van der Waals surface area contributed by atoms with Gasteiger partial charge in [-0.25, -0.2) is 0 Å². The largest absolute Gasteiger partial charge is 0.453 e. The van der Waals surface area contributed by atoms with Gasteiger partial charge in [-0.2, -0.15) is 0 Å². The van der Waals surface area contributed by atoms with Crippen LogP contribution in [-0.2, 0) is 5.41 Å². The Morgan fingerprint density at radius 3 is 1.91 bits per heavy atom. The van der Waals surface area contributed by atoms with E-state index >= 15 is 0 Å². The fourth-order valence-corrected chi connectivity index (χ4v) is 7.32. The lowest BCUT2D eigenvalue weighted by Crippen LogP contribution is -2.16. The van der Waals surface area contributed by atoms with E-state index in [0.29, 0.717) is 11.5 Å². The Balaban J connectivity index is 1.24. The molecule has 0 atom stereocenters. The van der Waals surface area contributed by atoms with Crippen molar-refractivity contribution in [2.45, 2.75) is 19.3 Å². The van der Waals surface area contributed by atoms with Crippen molar-refractivity contribution in [3.63, 3.8) is 0 Å². The van der Waals surface area contributed by atoms with Crippen LogP contribution < -0.4 is 14.4 Å². The van der Waals surface area contributed by atoms with Crippen LogP contribution in [0, 0.1) is 0 Å². The fraction of sp³-hybridized carbons (Fsp3) is 0.0698. The lowest BCUT2D eigenvalue weighted by molar-refractivity contribution is 0.441. The van der Waals surface area contributed by atoms with Gasteiger partial charge in [-0.1, -0.05) is 117 Å². The Morgan fingerprint density at radius 2 is 1.09 bits per heavy atom. The van der Waals surface area contributed by atoms with Gasteiger partial charge in [0.2, 0.25) is 0 Å². The number of anilines is 3. The molecule has 9 rings (SSSR count). The number of nitrogens with zero attached hydrogens (tertiary/aromatic N) is 1. The summed E-state index contributed by atoms with van der Waals surface area (Å²) in [6.45, 7) is 4.66. The van der Waals surface area contributed by atoms with E-state index in [9.17, 15) is 0 Å². The number of hydrogen-bond donors (Lipinski definition) is 0. The van der Waals surface area contributed by atoms with E-state index in [0.717, 1.165) is 50.5 Å². The molecular formula is C43H31NO2. The first-order valence-electron chi connectivity index (χ1n) is 15.8. The first kappa shape index (κ1) is 26.6. The Bertz CT molecular complexity index is 2300. The molecule has 0 fully saturated rings. The summed E-state index contributed by atoms with van der Waals surface area (Å²) in [4.78, 5) is 2.36. The van der Waals surface area contributed by atoms with Crippen molar-refractivity contribution >= 4 is 27.8 Å². The standard InChI is InChI=1S/C43H31NO2/c1-43(2)35-20-8-6-17-31(35)32-26-25-30(27-36(32)43)44(29-15-4-3-5-16-29)37-21-9-7-18-33(37)34-19-12-24-40-42(34)46-39-23-11-14-28-13-10-22-38(45-40)41(28)39/h3-27H,1-2H3. The zero-order valence-electron chi connectivity index (χ0n) is 25.7. The van der Waals surface area contributed by atoms with E-state index in [4.69, 9.17) is 9.47 Å². The molecule has 0 saturated heterocycles. The summed E-state index contributed by atoms with van der Waals surface area (Å²) < 4.78 is 13.4. The van der Waals surface area contributed by atoms with Crippen molar-refractivity contribution in [3.05, 3.63) is 163 Å². The van der Waals surface area contributed by atoms with Crippen molar-refractivity contribution in [3.8, 4) is 45.3 Å². The molecule has 220 valence electrons. The SMILES string of the molecule is CC1(C)c2ccccc2-c2ccc(N(c3ccccc3)c3ccccc3-c3cccc4c3Oc3cccc5cccc(c35)O4)cc21. The molecule has 7 aromatic carbocycles. The Kier molecular flexibility index (Phi) is 5.85. The van der Waals surface area contributed by atoms with Gasteiger partial charge in [0, 0.05) is 27.9 Å². The van der Waals surface area contributed by atoms with Crippen LogP contribution in [0.25, 0.3) is 33.0 Å². The zero-order chi connectivity index (χ0) is 30.8. The highest BCUT2D eigenvalue weighted by Gasteiger charge is 2.36. The predicted molar refractivity (Wildman–Crippen MR) is 188 cm³/mol. The molecule has 46 heavy (non-hydrogen) atoms. The average molecular weight is 594 g/mol. The molecule has 1 aliphatic heterocycles. The van der Waals surface area contributed by atoms with Crippen LogP contribution in [0.4, 0.5) is 17.1 Å². The maximum absolute atomic E-state index is 6.79. The molecule has 0 unspecified atom stereocenters. The Hall–Kier alpha value is -5.80. The van der Waals surface area contributed by atoms with Crippen LogP contribution in [0.15, 0.2) is 152 Å². The first-order valence-corrected chi connectivity index (χ1v) is 15.8. The third kappa shape index (κ3) is 3.98. The summed E-state index contributed by atoms with van der Waals surface area (Å²) in [6, 6.07) is 53.3. The molecule has 7 aromatic rings. The summed E-state index contributed by atoms with van der Waals surface area (Å²) in [6.07, 6.45) is 0. The van der Waals surface area contributed by atoms with Crippen molar-refractivity contribution in [1.29, 1.82) is 0 Å². The second-order valence-electron chi connectivity index (χ2n) is 12.5. The van der Waals surface area contributed by atoms with Crippen molar-refractivity contribution < 1.29 is 9.47 Å². The minimum absolute atomic E-state index is 0.109. The maximum atomic E-state index is 6.79. The van der Waals surface area contributed by atoms with Crippen molar-refractivity contribution in [1.82, 2.24) is 0 Å². The van der Waals surface area contributed by atoms with E-state index in [1.807, 2.05) is 36.4 Å². The minimum atomic E-state index is -0.109. The predicted octanol–water partition coefficient (Wildman–Crippen LogP) is 12.2. The third-order valence-electron chi connectivity index (χ3n) is 9.51. The summed E-state index contributed by atoms with van der Waals surface area (Å²) in [5.74, 6) is 2.98. The topological polar surface area (TPSA) is 21.7 Å². The van der Waals surface area contributed by atoms with E-state index in [2.05, 4.69) is 134 Å². The van der Waals surface area contributed by atoms with E-state index in [1.165, 1.54) is 22.3 Å². The van der Waals surface area contributed by atoms with Crippen molar-refractivity contribution in [2.24, 2.45) is 0 Å². The van der Waals surface area contributed by atoms with Gasteiger partial charge in [0.15, 0.2) is 11.5 Å². The Morgan fingerprint density at radius 1 is 0.457 bits per heavy atom. The van der Waals surface area contributed by atoms with Gasteiger partial charge in [0.05, 0.1) is 11.1 Å². The normalized spacial score (nSPS) is 13.5. The van der Waals surface area contributed by atoms with Crippen LogP contribution in [0.5, 0.6) is 23.0 Å². The molecule has 0 aromatic heterocycles. The van der Waals surface area contributed by atoms with Gasteiger partial charge in [-0.3, -0.25) is 0 Å². The maximum Gasteiger partial charge on any atom is 0.177 e. The van der Waals surface area contributed by atoms with E-state index < -0.39 is 0 Å². The monoisotopic (exact) mass is 593 g/mol. The number of para-hydroxylation sites is 3. The molecule has 3 heteroatoms. The first-order chi connectivity index (χ1) is 22.6. The molecule has 0 radical (unpaired) electrons. The molecule has 0 saturated carbocycles. The molecule has 1 heterocycles. The van der Waals surface area contributed by atoms with E-state index in [-0.39, 0.29) is 5.41 Å². The number of benzene rings is 7. The smallest absolute Gasteiger partial charge is 0.177 e. The van der Waals surface area contributed by atoms with Gasteiger partial charge in [-0.05, 0) is 76.2 Å². The molecule has 2 aliphatic rings. The highest BCUT2D eigenvalue weighted by Crippen LogP contribution is 2.53. The quantitative estimate of drug-likeness (QED) is 0.203. The number of ether oxygens (including phenoxy) is 2. The van der Waals surface area contributed by atoms with Crippen LogP contribution >= 0.6 is 0 Å². The molecular weight excluding hydrogens is 562 g/mol. The average Bonchev–Trinajstić information content (AvgIpc) is 3.20. The molecule has 0 amide bonds. The number of rotatable bonds is 4. The number of fused-ring (bicyclic) bond motifs is 4.